The standard InChI is InChI=1S/C42H44N2O2/c1-40(2,3)28-22-31(38-37(23-28)46-39(44-38)29-17-13-14-18-36(29)45)30-24-32(34(42(7,8)9)25-33(30)41(4,5)6)35-21-27(19-20-43-35)26-15-11-10-12-16-26/h10-25,45H,1-9H3. The van der Waals surface area contributed by atoms with Crippen LogP contribution in [0.2, 0.25) is 0 Å². The van der Waals surface area contributed by atoms with Gasteiger partial charge >= 0.3 is 0 Å². The molecule has 0 aliphatic rings. The number of fused-ring (bicyclic) bond motifs is 1. The summed E-state index contributed by atoms with van der Waals surface area (Å²) in [6.45, 7) is 20.3. The smallest absolute Gasteiger partial charge is 0.231 e. The molecule has 6 rings (SSSR count). The Kier molecular flexibility index (Phi) is 7.67. The van der Waals surface area contributed by atoms with Crippen LogP contribution in [0.15, 0.2) is 102 Å². The van der Waals surface area contributed by atoms with Gasteiger partial charge in [0.15, 0.2) is 5.58 Å². The predicted octanol–water partition coefficient (Wildman–Crippen LogP) is 11.5. The van der Waals surface area contributed by atoms with Crippen LogP contribution in [0.4, 0.5) is 0 Å². The molecule has 0 bridgehead atoms. The van der Waals surface area contributed by atoms with Crippen molar-refractivity contribution < 1.29 is 9.52 Å². The first-order valence-corrected chi connectivity index (χ1v) is 16.1. The maximum absolute atomic E-state index is 10.7. The van der Waals surface area contributed by atoms with E-state index >= 15 is 0 Å². The van der Waals surface area contributed by atoms with E-state index in [1.54, 1.807) is 12.1 Å². The van der Waals surface area contributed by atoms with E-state index < -0.39 is 0 Å². The molecule has 1 N–H and O–H groups in total. The largest absolute Gasteiger partial charge is 0.507 e. The van der Waals surface area contributed by atoms with Crippen molar-refractivity contribution in [3.05, 3.63) is 114 Å². The topological polar surface area (TPSA) is 59.2 Å². The second kappa shape index (κ2) is 11.3. The van der Waals surface area contributed by atoms with Crippen LogP contribution in [-0.2, 0) is 16.2 Å². The third kappa shape index (κ3) is 5.97. The second-order valence-electron chi connectivity index (χ2n) is 15.4. The highest BCUT2D eigenvalue weighted by Crippen LogP contribution is 2.45. The van der Waals surface area contributed by atoms with Gasteiger partial charge in [-0.2, -0.15) is 0 Å². The summed E-state index contributed by atoms with van der Waals surface area (Å²) < 4.78 is 6.43. The highest BCUT2D eigenvalue weighted by atomic mass is 16.3. The summed E-state index contributed by atoms with van der Waals surface area (Å²) in [7, 11) is 0. The molecule has 4 aromatic carbocycles. The Morgan fingerprint density at radius 3 is 1.87 bits per heavy atom. The Labute approximate surface area is 273 Å². The minimum Gasteiger partial charge on any atom is -0.507 e. The van der Waals surface area contributed by atoms with Gasteiger partial charge in [0, 0.05) is 17.3 Å². The number of hydrogen-bond acceptors (Lipinski definition) is 4. The molecule has 0 aliphatic carbocycles. The van der Waals surface area contributed by atoms with Crippen molar-refractivity contribution in [2.45, 2.75) is 78.6 Å². The van der Waals surface area contributed by atoms with Gasteiger partial charge in [0.25, 0.3) is 0 Å². The van der Waals surface area contributed by atoms with Crippen LogP contribution in [-0.4, -0.2) is 15.1 Å². The number of phenolic OH excluding ortho intramolecular Hbond substituents is 1. The van der Waals surface area contributed by atoms with Gasteiger partial charge in [-0.25, -0.2) is 4.98 Å². The number of phenols is 1. The first-order chi connectivity index (χ1) is 21.6. The molecule has 234 valence electrons. The van der Waals surface area contributed by atoms with Crippen molar-refractivity contribution in [1.82, 2.24) is 9.97 Å². The second-order valence-corrected chi connectivity index (χ2v) is 15.4. The minimum absolute atomic E-state index is 0.132. The highest BCUT2D eigenvalue weighted by Gasteiger charge is 2.29. The summed E-state index contributed by atoms with van der Waals surface area (Å²) in [6.07, 6.45) is 1.91. The van der Waals surface area contributed by atoms with E-state index in [1.165, 1.54) is 11.1 Å². The molecule has 0 radical (unpaired) electrons. The first kappa shape index (κ1) is 31.3. The van der Waals surface area contributed by atoms with Gasteiger partial charge in [-0.3, -0.25) is 4.98 Å². The van der Waals surface area contributed by atoms with E-state index in [4.69, 9.17) is 14.4 Å². The highest BCUT2D eigenvalue weighted by molar-refractivity contribution is 5.96. The summed E-state index contributed by atoms with van der Waals surface area (Å²) in [6, 6.07) is 31.0. The van der Waals surface area contributed by atoms with Gasteiger partial charge in [0.2, 0.25) is 5.89 Å². The maximum Gasteiger partial charge on any atom is 0.231 e. The van der Waals surface area contributed by atoms with E-state index in [0.29, 0.717) is 17.0 Å². The molecule has 2 heterocycles. The third-order valence-electron chi connectivity index (χ3n) is 8.70. The number of oxazole rings is 1. The molecule has 2 aromatic heterocycles. The lowest BCUT2D eigenvalue weighted by atomic mass is 9.74. The number of rotatable bonds is 4. The van der Waals surface area contributed by atoms with Crippen LogP contribution in [0.5, 0.6) is 5.75 Å². The number of aromatic nitrogens is 2. The summed E-state index contributed by atoms with van der Waals surface area (Å²) in [5.41, 5.74) is 11.7. The molecule has 0 fully saturated rings. The lowest BCUT2D eigenvalue weighted by Gasteiger charge is -2.30. The fourth-order valence-electron chi connectivity index (χ4n) is 6.10. The van der Waals surface area contributed by atoms with Gasteiger partial charge in [-0.05, 0) is 92.1 Å². The molecule has 0 amide bonds. The summed E-state index contributed by atoms with van der Waals surface area (Å²) in [5.74, 6) is 0.546. The lowest BCUT2D eigenvalue weighted by Crippen LogP contribution is -2.19. The molecular weight excluding hydrogens is 564 g/mol. The maximum atomic E-state index is 10.7. The Morgan fingerprint density at radius 2 is 1.22 bits per heavy atom. The van der Waals surface area contributed by atoms with Crippen molar-refractivity contribution in [2.75, 3.05) is 0 Å². The number of aromatic hydroxyl groups is 1. The number of pyridine rings is 1. The SMILES string of the molecule is CC(C)(C)c1cc(-c2cc(-c3cc(-c4ccccc4)ccn3)c(C(C)(C)C)cc2C(C)(C)C)c2nc(-c3ccccc3O)oc2c1. The molecule has 0 aliphatic heterocycles. The molecular formula is C42H44N2O2. The van der Waals surface area contributed by atoms with Crippen molar-refractivity contribution >= 4 is 11.1 Å². The molecule has 46 heavy (non-hydrogen) atoms. The Hall–Kier alpha value is -4.70. The van der Waals surface area contributed by atoms with Gasteiger partial charge in [0.05, 0.1) is 11.3 Å². The van der Waals surface area contributed by atoms with Crippen molar-refractivity contribution in [3.8, 4) is 50.7 Å². The number of para-hydroxylation sites is 1. The van der Waals surface area contributed by atoms with E-state index in [0.717, 1.165) is 44.6 Å². The summed E-state index contributed by atoms with van der Waals surface area (Å²) in [5, 5.41) is 10.7. The molecule has 0 unspecified atom stereocenters. The van der Waals surface area contributed by atoms with Crippen LogP contribution in [0.25, 0.3) is 56.1 Å². The Balaban J connectivity index is 1.69. The predicted molar refractivity (Wildman–Crippen MR) is 191 cm³/mol. The monoisotopic (exact) mass is 608 g/mol. The van der Waals surface area contributed by atoms with E-state index in [1.807, 2.05) is 24.4 Å². The van der Waals surface area contributed by atoms with Crippen molar-refractivity contribution in [1.29, 1.82) is 0 Å². The van der Waals surface area contributed by atoms with E-state index in [9.17, 15) is 5.11 Å². The number of nitrogens with zero attached hydrogens (tertiary/aromatic N) is 2. The van der Waals surface area contributed by atoms with Crippen LogP contribution >= 0.6 is 0 Å². The Bertz CT molecular complexity index is 2050. The third-order valence-corrected chi connectivity index (χ3v) is 8.70. The Morgan fingerprint density at radius 1 is 0.565 bits per heavy atom. The molecule has 0 saturated carbocycles. The average molecular weight is 609 g/mol. The summed E-state index contributed by atoms with van der Waals surface area (Å²) >= 11 is 0. The van der Waals surface area contributed by atoms with Gasteiger partial charge < -0.3 is 9.52 Å². The molecule has 0 saturated heterocycles. The number of hydrogen-bond donors (Lipinski definition) is 1. The molecule has 4 nitrogen and oxygen atoms in total. The molecule has 4 heteroatoms. The van der Waals surface area contributed by atoms with Gasteiger partial charge in [-0.15, -0.1) is 0 Å². The zero-order valence-corrected chi connectivity index (χ0v) is 28.5. The lowest BCUT2D eigenvalue weighted by molar-refractivity contribution is 0.474. The van der Waals surface area contributed by atoms with Gasteiger partial charge in [0.1, 0.15) is 11.3 Å². The average Bonchev–Trinajstić information content (AvgIpc) is 3.43. The van der Waals surface area contributed by atoms with Crippen LogP contribution in [0.3, 0.4) is 0 Å². The van der Waals surface area contributed by atoms with E-state index in [-0.39, 0.29) is 22.0 Å². The van der Waals surface area contributed by atoms with E-state index in [2.05, 4.69) is 123 Å². The van der Waals surface area contributed by atoms with Crippen molar-refractivity contribution in [3.63, 3.8) is 0 Å². The fraction of sp³-hybridized carbons (Fsp3) is 0.286. The minimum atomic E-state index is -0.165. The summed E-state index contributed by atoms with van der Waals surface area (Å²) in [4.78, 5) is 10.00. The first-order valence-electron chi connectivity index (χ1n) is 16.1. The normalized spacial score (nSPS) is 12.5. The molecule has 0 spiro atoms. The van der Waals surface area contributed by atoms with Crippen LogP contribution in [0, 0.1) is 0 Å². The van der Waals surface area contributed by atoms with Crippen LogP contribution < -0.4 is 0 Å². The molecule has 6 aromatic rings. The fourth-order valence-corrected chi connectivity index (χ4v) is 6.10. The number of benzene rings is 4. The van der Waals surface area contributed by atoms with Crippen LogP contribution in [0.1, 0.15) is 79.0 Å². The quantitative estimate of drug-likeness (QED) is 0.216. The van der Waals surface area contributed by atoms with Gasteiger partial charge in [-0.1, -0.05) is 111 Å². The van der Waals surface area contributed by atoms with Crippen molar-refractivity contribution in [2.24, 2.45) is 0 Å². The zero-order chi connectivity index (χ0) is 33.0. The zero-order valence-electron chi connectivity index (χ0n) is 28.5. The molecule has 0 atom stereocenters.